The summed E-state index contributed by atoms with van der Waals surface area (Å²) in [6.45, 7) is 0.253. The van der Waals surface area contributed by atoms with Crippen molar-refractivity contribution in [3.63, 3.8) is 0 Å². The molecular weight excluding hydrogens is 387 g/mol. The van der Waals surface area contributed by atoms with Crippen molar-refractivity contribution in [3.05, 3.63) is 101 Å². The van der Waals surface area contributed by atoms with Crippen LogP contribution < -0.4 is 4.74 Å². The number of aromatic amines is 1. The van der Waals surface area contributed by atoms with Gasteiger partial charge in [0.05, 0.1) is 6.21 Å². The van der Waals surface area contributed by atoms with E-state index in [1.165, 1.54) is 12.1 Å². The minimum Gasteiger partial charge on any atom is -0.488 e. The molecule has 0 aliphatic rings. The Morgan fingerprint density at radius 1 is 1.03 bits per heavy atom. The normalized spacial score (nSPS) is 11.1. The topological polar surface area (TPSA) is 55.2 Å². The van der Waals surface area contributed by atoms with Gasteiger partial charge in [0.15, 0.2) is 5.82 Å². The fraction of sp³-hybridized carbons (Fsp3) is 0.0455. The highest BCUT2D eigenvalue weighted by atomic mass is 32.1. The molecule has 144 valence electrons. The molecule has 0 unspecified atom stereocenters. The van der Waals surface area contributed by atoms with E-state index in [0.29, 0.717) is 16.3 Å². The van der Waals surface area contributed by atoms with Crippen molar-refractivity contribution < 1.29 is 9.13 Å². The quantitative estimate of drug-likeness (QED) is 0.355. The summed E-state index contributed by atoms with van der Waals surface area (Å²) >= 11 is 5.31. The fourth-order valence-electron chi connectivity index (χ4n) is 2.80. The van der Waals surface area contributed by atoms with E-state index < -0.39 is 0 Å². The molecule has 3 aromatic carbocycles. The van der Waals surface area contributed by atoms with E-state index in [1.807, 2.05) is 60.7 Å². The Kier molecular flexibility index (Phi) is 5.58. The number of aromatic nitrogens is 3. The van der Waals surface area contributed by atoms with Crippen LogP contribution in [0.4, 0.5) is 4.39 Å². The zero-order valence-corrected chi connectivity index (χ0v) is 16.1. The van der Waals surface area contributed by atoms with E-state index in [0.717, 1.165) is 16.7 Å². The van der Waals surface area contributed by atoms with Crippen molar-refractivity contribution in [2.75, 3.05) is 0 Å². The highest BCUT2D eigenvalue weighted by Crippen LogP contribution is 2.20. The maximum absolute atomic E-state index is 13.4. The molecule has 0 saturated carbocycles. The molecule has 0 spiro atoms. The summed E-state index contributed by atoms with van der Waals surface area (Å²) in [6.07, 6.45) is 1.67. The van der Waals surface area contributed by atoms with Crippen LogP contribution in [-0.4, -0.2) is 21.1 Å². The molecule has 4 rings (SSSR count). The van der Waals surface area contributed by atoms with Gasteiger partial charge in [-0.25, -0.2) is 9.49 Å². The number of hydrogen-bond acceptors (Lipinski definition) is 4. The van der Waals surface area contributed by atoms with Gasteiger partial charge in [0.2, 0.25) is 4.77 Å². The van der Waals surface area contributed by atoms with E-state index in [4.69, 9.17) is 17.0 Å². The molecule has 4 aromatic rings. The zero-order chi connectivity index (χ0) is 20.1. The summed E-state index contributed by atoms with van der Waals surface area (Å²) in [4.78, 5) is 0. The van der Waals surface area contributed by atoms with Gasteiger partial charge in [0.25, 0.3) is 0 Å². The van der Waals surface area contributed by atoms with Crippen molar-refractivity contribution in [1.82, 2.24) is 14.9 Å². The lowest BCUT2D eigenvalue weighted by molar-refractivity contribution is 0.305. The van der Waals surface area contributed by atoms with E-state index in [9.17, 15) is 4.39 Å². The van der Waals surface area contributed by atoms with Crippen LogP contribution >= 0.6 is 12.2 Å². The first kappa shape index (κ1) is 18.8. The molecule has 0 radical (unpaired) electrons. The predicted octanol–water partition coefficient (Wildman–Crippen LogP) is 5.21. The number of halogens is 1. The Balaban J connectivity index is 1.59. The van der Waals surface area contributed by atoms with Gasteiger partial charge < -0.3 is 4.74 Å². The third-order valence-corrected chi connectivity index (χ3v) is 4.46. The van der Waals surface area contributed by atoms with Crippen LogP contribution in [0, 0.1) is 10.6 Å². The standard InChI is InChI=1S/C22H17FN4OS/c23-19-11-6-7-16(13-19)15-28-20-12-5-4-10-18(20)14-24-27-21(25-26-22(27)29)17-8-2-1-3-9-17/h1-14H,15H2,(H,26,29)/b24-14-. The van der Waals surface area contributed by atoms with Crippen LogP contribution in [0.5, 0.6) is 5.75 Å². The van der Waals surface area contributed by atoms with Crippen LogP contribution in [0.2, 0.25) is 0 Å². The third kappa shape index (κ3) is 4.47. The Hall–Kier alpha value is -3.58. The van der Waals surface area contributed by atoms with Gasteiger partial charge in [-0.2, -0.15) is 14.9 Å². The number of nitrogens with zero attached hydrogens (tertiary/aromatic N) is 3. The molecule has 1 N–H and O–H groups in total. The van der Waals surface area contributed by atoms with Gasteiger partial charge in [0.1, 0.15) is 18.2 Å². The second kappa shape index (κ2) is 8.62. The molecule has 7 heteroatoms. The van der Waals surface area contributed by atoms with Crippen molar-refractivity contribution in [2.45, 2.75) is 6.61 Å². The minimum atomic E-state index is -0.288. The van der Waals surface area contributed by atoms with Crippen LogP contribution in [0.25, 0.3) is 11.4 Å². The van der Waals surface area contributed by atoms with Gasteiger partial charge >= 0.3 is 0 Å². The summed E-state index contributed by atoms with van der Waals surface area (Å²) in [5.41, 5.74) is 2.42. The smallest absolute Gasteiger partial charge is 0.216 e. The first-order valence-corrected chi connectivity index (χ1v) is 9.35. The molecule has 1 aromatic heterocycles. The summed E-state index contributed by atoms with van der Waals surface area (Å²) in [5.74, 6) is 0.963. The maximum Gasteiger partial charge on any atom is 0.216 e. The third-order valence-electron chi connectivity index (χ3n) is 4.20. The molecule has 0 aliphatic carbocycles. The Labute approximate surface area is 172 Å². The van der Waals surface area contributed by atoms with Gasteiger partial charge in [-0.05, 0) is 42.0 Å². The summed E-state index contributed by atoms with van der Waals surface area (Å²) in [5, 5.41) is 11.5. The van der Waals surface area contributed by atoms with E-state index in [-0.39, 0.29) is 12.4 Å². The van der Waals surface area contributed by atoms with Crippen LogP contribution in [0.3, 0.4) is 0 Å². The van der Waals surface area contributed by atoms with Crippen LogP contribution in [0.1, 0.15) is 11.1 Å². The Morgan fingerprint density at radius 2 is 1.83 bits per heavy atom. The molecule has 0 bridgehead atoms. The molecule has 5 nitrogen and oxygen atoms in total. The molecule has 0 fully saturated rings. The van der Waals surface area contributed by atoms with Gasteiger partial charge in [0, 0.05) is 11.1 Å². The van der Waals surface area contributed by atoms with E-state index in [2.05, 4.69) is 15.3 Å². The summed E-state index contributed by atoms with van der Waals surface area (Å²) < 4.78 is 21.2. The zero-order valence-electron chi connectivity index (χ0n) is 15.3. The lowest BCUT2D eigenvalue weighted by atomic mass is 10.2. The first-order valence-electron chi connectivity index (χ1n) is 8.94. The van der Waals surface area contributed by atoms with E-state index >= 15 is 0 Å². The van der Waals surface area contributed by atoms with Crippen molar-refractivity contribution in [3.8, 4) is 17.1 Å². The van der Waals surface area contributed by atoms with Crippen LogP contribution in [-0.2, 0) is 6.61 Å². The van der Waals surface area contributed by atoms with Gasteiger partial charge in [-0.15, -0.1) is 0 Å². The van der Waals surface area contributed by atoms with Crippen molar-refractivity contribution in [2.24, 2.45) is 5.10 Å². The molecule has 0 atom stereocenters. The molecule has 0 aliphatic heterocycles. The Morgan fingerprint density at radius 3 is 2.66 bits per heavy atom. The molecule has 0 amide bonds. The molecule has 0 saturated heterocycles. The average Bonchev–Trinajstić information content (AvgIpc) is 3.12. The van der Waals surface area contributed by atoms with Gasteiger partial charge in [-0.1, -0.05) is 54.6 Å². The SMILES string of the molecule is Fc1cccc(COc2ccccc2/C=N\n2c(-c3ccccc3)n[nH]c2=S)c1. The fourth-order valence-corrected chi connectivity index (χ4v) is 2.98. The predicted molar refractivity (Wildman–Crippen MR) is 113 cm³/mol. The molecule has 29 heavy (non-hydrogen) atoms. The van der Waals surface area contributed by atoms with Gasteiger partial charge in [-0.3, -0.25) is 0 Å². The second-order valence-electron chi connectivity index (χ2n) is 6.23. The number of rotatable bonds is 6. The Bertz CT molecular complexity index is 1200. The average molecular weight is 404 g/mol. The number of benzene rings is 3. The molecular formula is C22H17FN4OS. The lowest BCUT2D eigenvalue weighted by Gasteiger charge is -2.09. The summed E-state index contributed by atoms with van der Waals surface area (Å²) in [7, 11) is 0. The number of hydrogen-bond donors (Lipinski definition) is 1. The number of H-pyrrole nitrogens is 1. The number of nitrogens with one attached hydrogen (secondary N) is 1. The largest absolute Gasteiger partial charge is 0.488 e. The lowest BCUT2D eigenvalue weighted by Crippen LogP contribution is -2.00. The maximum atomic E-state index is 13.4. The van der Waals surface area contributed by atoms with Crippen molar-refractivity contribution in [1.29, 1.82) is 0 Å². The number of ether oxygens (including phenoxy) is 1. The first-order chi connectivity index (χ1) is 14.2. The summed E-state index contributed by atoms with van der Waals surface area (Å²) in [6, 6.07) is 23.5. The monoisotopic (exact) mass is 404 g/mol. The molecule has 1 heterocycles. The van der Waals surface area contributed by atoms with E-state index in [1.54, 1.807) is 17.0 Å². The minimum absolute atomic E-state index is 0.253. The van der Waals surface area contributed by atoms with Crippen LogP contribution in [0.15, 0.2) is 84.0 Å². The highest BCUT2D eigenvalue weighted by molar-refractivity contribution is 7.71. The highest BCUT2D eigenvalue weighted by Gasteiger charge is 2.08. The van der Waals surface area contributed by atoms with Crippen molar-refractivity contribution >= 4 is 18.4 Å². The number of para-hydroxylation sites is 1. The second-order valence-corrected chi connectivity index (χ2v) is 6.62.